The quantitative estimate of drug-likeness (QED) is 0.337. The van der Waals surface area contributed by atoms with Crippen molar-refractivity contribution in [2.75, 3.05) is 7.11 Å². The van der Waals surface area contributed by atoms with E-state index in [9.17, 15) is 4.79 Å². The third kappa shape index (κ3) is 5.31. The van der Waals surface area contributed by atoms with Crippen molar-refractivity contribution in [2.24, 2.45) is 0 Å². The molecule has 0 atom stereocenters. The molecule has 3 heterocycles. The molecule has 35 heavy (non-hydrogen) atoms. The maximum atomic E-state index is 13.0. The number of aryl methyl sites for hydroxylation is 1. The molecule has 0 aliphatic rings. The molecule has 0 aliphatic carbocycles. The van der Waals surface area contributed by atoms with Crippen LogP contribution in [0.25, 0.3) is 10.9 Å². The number of nitrogens with one attached hydrogen (secondary N) is 1. The Morgan fingerprint density at radius 3 is 2.69 bits per heavy atom. The fourth-order valence-corrected chi connectivity index (χ4v) is 4.89. The molecule has 9 heteroatoms. The molecule has 178 valence electrons. The highest BCUT2D eigenvalue weighted by atomic mass is 32.1. The molecule has 8 nitrogen and oxygen atoms in total. The van der Waals surface area contributed by atoms with Gasteiger partial charge in [0.15, 0.2) is 5.82 Å². The van der Waals surface area contributed by atoms with Gasteiger partial charge in [0.2, 0.25) is 0 Å². The molecule has 0 unspecified atom stereocenters. The first-order chi connectivity index (χ1) is 17.1. The summed E-state index contributed by atoms with van der Waals surface area (Å²) in [6.45, 7) is 4.23. The van der Waals surface area contributed by atoms with Gasteiger partial charge in [-0.2, -0.15) is 0 Å². The number of rotatable bonds is 9. The minimum Gasteiger partial charge on any atom is -0.497 e. The second kappa shape index (κ2) is 10.2. The standard InChI is InChI=1S/C26H26N6O2S/c1-18-5-3-6-20-13-21(26(33)27-25(18)20)15-31(16-23-7-4-12-35-23)17-24-28-29-30-32(24)14-19-8-10-22(34-2)11-9-19/h3-13H,14-17H2,1-2H3,(H,27,33). The predicted octanol–water partition coefficient (Wildman–Crippen LogP) is 4.14. The molecular weight excluding hydrogens is 460 g/mol. The molecule has 2 aromatic carbocycles. The smallest absolute Gasteiger partial charge is 0.252 e. The molecule has 0 saturated carbocycles. The number of tetrazole rings is 1. The number of ether oxygens (including phenoxy) is 1. The largest absolute Gasteiger partial charge is 0.497 e. The highest BCUT2D eigenvalue weighted by Crippen LogP contribution is 2.19. The van der Waals surface area contributed by atoms with Crippen molar-refractivity contribution in [1.82, 2.24) is 30.1 Å². The van der Waals surface area contributed by atoms with Gasteiger partial charge >= 0.3 is 0 Å². The number of para-hydroxylation sites is 1. The van der Waals surface area contributed by atoms with Crippen LogP contribution in [-0.2, 0) is 26.2 Å². The van der Waals surface area contributed by atoms with Crippen molar-refractivity contribution in [3.05, 3.63) is 104 Å². The monoisotopic (exact) mass is 486 g/mol. The second-order valence-corrected chi connectivity index (χ2v) is 9.52. The number of nitrogens with zero attached hydrogens (tertiary/aromatic N) is 5. The molecular formula is C26H26N6O2S. The highest BCUT2D eigenvalue weighted by Gasteiger charge is 2.16. The van der Waals surface area contributed by atoms with Crippen molar-refractivity contribution >= 4 is 22.2 Å². The van der Waals surface area contributed by atoms with Crippen LogP contribution in [0.4, 0.5) is 0 Å². The Kier molecular flexibility index (Phi) is 6.69. The maximum Gasteiger partial charge on any atom is 0.252 e. The van der Waals surface area contributed by atoms with E-state index in [2.05, 4.69) is 36.9 Å². The summed E-state index contributed by atoms with van der Waals surface area (Å²) in [5.41, 5.74) is 3.66. The van der Waals surface area contributed by atoms with E-state index in [4.69, 9.17) is 4.74 Å². The van der Waals surface area contributed by atoms with Crippen LogP contribution in [-0.4, -0.2) is 37.2 Å². The van der Waals surface area contributed by atoms with E-state index in [-0.39, 0.29) is 5.56 Å². The van der Waals surface area contributed by atoms with Gasteiger partial charge in [-0.15, -0.1) is 16.4 Å². The number of pyridine rings is 1. The molecule has 5 rings (SSSR count). The lowest BCUT2D eigenvalue weighted by molar-refractivity contribution is 0.238. The number of fused-ring (bicyclic) bond motifs is 1. The second-order valence-electron chi connectivity index (χ2n) is 8.49. The van der Waals surface area contributed by atoms with Gasteiger partial charge in [0.1, 0.15) is 5.75 Å². The zero-order chi connectivity index (χ0) is 24.2. The zero-order valence-electron chi connectivity index (χ0n) is 19.6. The van der Waals surface area contributed by atoms with Gasteiger partial charge in [0.25, 0.3) is 5.56 Å². The van der Waals surface area contributed by atoms with Gasteiger partial charge in [0, 0.05) is 23.5 Å². The summed E-state index contributed by atoms with van der Waals surface area (Å²) in [5, 5.41) is 15.5. The van der Waals surface area contributed by atoms with Crippen molar-refractivity contribution in [3.8, 4) is 5.75 Å². The molecule has 0 spiro atoms. The number of H-pyrrole nitrogens is 1. The minimum atomic E-state index is -0.0687. The Balaban J connectivity index is 1.41. The van der Waals surface area contributed by atoms with Gasteiger partial charge in [-0.3, -0.25) is 9.69 Å². The molecule has 0 bridgehead atoms. The van der Waals surface area contributed by atoms with Crippen LogP contribution in [0.1, 0.15) is 27.4 Å². The predicted molar refractivity (Wildman–Crippen MR) is 136 cm³/mol. The fraction of sp³-hybridized carbons (Fsp3) is 0.231. The van der Waals surface area contributed by atoms with Crippen molar-refractivity contribution < 1.29 is 4.74 Å². The van der Waals surface area contributed by atoms with Crippen LogP contribution >= 0.6 is 11.3 Å². The summed E-state index contributed by atoms with van der Waals surface area (Å²) >= 11 is 1.70. The number of methoxy groups -OCH3 is 1. The Labute approximate surface area is 206 Å². The van der Waals surface area contributed by atoms with E-state index >= 15 is 0 Å². The summed E-state index contributed by atoms with van der Waals surface area (Å²) in [6, 6.07) is 20.0. The number of hydrogen-bond acceptors (Lipinski definition) is 7. The van der Waals surface area contributed by atoms with Crippen LogP contribution in [0.15, 0.2) is 70.8 Å². The maximum absolute atomic E-state index is 13.0. The molecule has 0 aliphatic heterocycles. The third-order valence-corrected chi connectivity index (χ3v) is 6.84. The van der Waals surface area contributed by atoms with E-state index in [1.165, 1.54) is 4.88 Å². The topological polar surface area (TPSA) is 88.9 Å². The van der Waals surface area contributed by atoms with Crippen molar-refractivity contribution in [3.63, 3.8) is 0 Å². The first-order valence-electron chi connectivity index (χ1n) is 11.3. The van der Waals surface area contributed by atoms with Crippen LogP contribution in [0.3, 0.4) is 0 Å². The van der Waals surface area contributed by atoms with Crippen molar-refractivity contribution in [1.29, 1.82) is 0 Å². The summed E-state index contributed by atoms with van der Waals surface area (Å²) in [6.07, 6.45) is 0. The lowest BCUT2D eigenvalue weighted by Crippen LogP contribution is -2.28. The number of hydrogen-bond donors (Lipinski definition) is 1. The number of aromatic amines is 1. The van der Waals surface area contributed by atoms with Crippen LogP contribution in [0, 0.1) is 6.92 Å². The van der Waals surface area contributed by atoms with Crippen LogP contribution < -0.4 is 10.3 Å². The number of aromatic nitrogens is 5. The molecule has 0 saturated heterocycles. The molecule has 1 N–H and O–H groups in total. The fourth-order valence-electron chi connectivity index (χ4n) is 4.14. The first-order valence-corrected chi connectivity index (χ1v) is 12.2. The zero-order valence-corrected chi connectivity index (χ0v) is 20.5. The Morgan fingerprint density at radius 1 is 1.06 bits per heavy atom. The van der Waals surface area contributed by atoms with E-state index in [1.54, 1.807) is 23.1 Å². The lowest BCUT2D eigenvalue weighted by Gasteiger charge is -2.21. The summed E-state index contributed by atoms with van der Waals surface area (Å²) < 4.78 is 7.05. The van der Waals surface area contributed by atoms with Crippen molar-refractivity contribution in [2.45, 2.75) is 33.1 Å². The van der Waals surface area contributed by atoms with Crippen LogP contribution in [0.2, 0.25) is 0 Å². The minimum absolute atomic E-state index is 0.0687. The molecule has 5 aromatic rings. The van der Waals surface area contributed by atoms with Gasteiger partial charge in [-0.1, -0.05) is 36.4 Å². The number of benzene rings is 2. The summed E-state index contributed by atoms with van der Waals surface area (Å²) in [4.78, 5) is 19.4. The lowest BCUT2D eigenvalue weighted by atomic mass is 10.1. The van der Waals surface area contributed by atoms with E-state index in [0.29, 0.717) is 31.7 Å². The Bertz CT molecular complexity index is 1470. The van der Waals surface area contributed by atoms with Gasteiger partial charge in [-0.25, -0.2) is 4.68 Å². The van der Waals surface area contributed by atoms with Crippen LogP contribution in [0.5, 0.6) is 5.75 Å². The number of thiophene rings is 1. The highest BCUT2D eigenvalue weighted by molar-refractivity contribution is 7.09. The molecule has 0 fully saturated rings. The third-order valence-electron chi connectivity index (χ3n) is 5.98. The molecule has 0 amide bonds. The Morgan fingerprint density at radius 2 is 1.91 bits per heavy atom. The van der Waals surface area contributed by atoms with Gasteiger partial charge in [-0.05, 0) is 63.5 Å². The van der Waals surface area contributed by atoms with Gasteiger partial charge < -0.3 is 9.72 Å². The van der Waals surface area contributed by atoms with Gasteiger partial charge in [0.05, 0.1) is 25.7 Å². The van der Waals surface area contributed by atoms with E-state index in [0.717, 1.165) is 33.6 Å². The normalized spacial score (nSPS) is 11.4. The summed E-state index contributed by atoms with van der Waals surface area (Å²) in [7, 11) is 1.65. The summed E-state index contributed by atoms with van der Waals surface area (Å²) in [5.74, 6) is 1.55. The Hall–Kier alpha value is -3.82. The van der Waals surface area contributed by atoms with E-state index in [1.807, 2.05) is 61.5 Å². The average Bonchev–Trinajstić information content (AvgIpc) is 3.53. The molecule has 3 aromatic heterocycles. The first kappa shape index (κ1) is 22.9. The van der Waals surface area contributed by atoms with E-state index < -0.39 is 0 Å². The molecule has 0 radical (unpaired) electrons. The average molecular weight is 487 g/mol. The SMILES string of the molecule is COc1ccc(Cn2nnnc2CN(Cc2cccs2)Cc2cc3cccc(C)c3[nH]c2=O)cc1.